The molecule has 1 heterocycles. The van der Waals surface area contributed by atoms with Crippen LogP contribution >= 0.6 is 15.9 Å². The third-order valence-corrected chi connectivity index (χ3v) is 3.76. The van der Waals surface area contributed by atoms with Gasteiger partial charge < -0.3 is 9.84 Å². The van der Waals surface area contributed by atoms with Crippen molar-refractivity contribution in [2.45, 2.75) is 32.3 Å². The highest BCUT2D eigenvalue weighted by atomic mass is 79.9. The minimum absolute atomic E-state index is 0.459. The predicted octanol–water partition coefficient (Wildman–Crippen LogP) is 2.69. The fraction of sp³-hybridized carbons (Fsp3) is 0.583. The number of halogens is 1. The minimum atomic E-state index is -0.475. The van der Waals surface area contributed by atoms with E-state index in [9.17, 15) is 5.11 Å². The number of hydrogen-bond acceptors (Lipinski definition) is 3. The summed E-state index contributed by atoms with van der Waals surface area (Å²) >= 11 is 3.40. The van der Waals surface area contributed by atoms with Crippen molar-refractivity contribution in [2.75, 3.05) is 6.61 Å². The van der Waals surface area contributed by atoms with Gasteiger partial charge in [-0.05, 0) is 54.6 Å². The number of aromatic nitrogens is 1. The summed E-state index contributed by atoms with van der Waals surface area (Å²) in [5.41, 5.74) is 0.454. The molecule has 4 heteroatoms. The van der Waals surface area contributed by atoms with E-state index in [1.165, 1.54) is 0 Å². The smallest absolute Gasteiger partial charge is 0.213 e. The number of pyridine rings is 1. The quantitative estimate of drug-likeness (QED) is 0.929. The number of nitrogens with zero attached hydrogens (tertiary/aromatic N) is 1. The van der Waals surface area contributed by atoms with E-state index in [1.54, 1.807) is 0 Å². The van der Waals surface area contributed by atoms with E-state index < -0.39 is 5.60 Å². The van der Waals surface area contributed by atoms with E-state index in [4.69, 9.17) is 4.74 Å². The Kier molecular flexibility index (Phi) is 3.22. The molecule has 88 valence electrons. The second-order valence-electron chi connectivity index (χ2n) is 4.80. The Hall–Kier alpha value is -0.610. The van der Waals surface area contributed by atoms with Gasteiger partial charge in [-0.15, -0.1) is 0 Å². The molecule has 16 heavy (non-hydrogen) atoms. The molecule has 1 aromatic rings. The van der Waals surface area contributed by atoms with Crippen LogP contribution in [-0.4, -0.2) is 22.3 Å². The molecule has 0 radical (unpaired) electrons. The fourth-order valence-electron chi connectivity index (χ4n) is 2.11. The van der Waals surface area contributed by atoms with E-state index in [0.717, 1.165) is 23.0 Å². The highest BCUT2D eigenvalue weighted by Crippen LogP contribution is 2.37. The summed E-state index contributed by atoms with van der Waals surface area (Å²) in [6, 6.07) is 3.79. The maximum absolute atomic E-state index is 9.58. The van der Waals surface area contributed by atoms with Gasteiger partial charge in [-0.1, -0.05) is 0 Å². The van der Waals surface area contributed by atoms with Crippen LogP contribution < -0.4 is 4.74 Å². The van der Waals surface area contributed by atoms with Gasteiger partial charge in [0, 0.05) is 10.5 Å². The second-order valence-corrected chi connectivity index (χ2v) is 5.65. The van der Waals surface area contributed by atoms with Gasteiger partial charge in [0.05, 0.1) is 17.9 Å². The largest absolute Gasteiger partial charge is 0.477 e. The van der Waals surface area contributed by atoms with Gasteiger partial charge in [0.1, 0.15) is 0 Å². The van der Waals surface area contributed by atoms with Crippen molar-refractivity contribution in [3.05, 3.63) is 22.3 Å². The summed E-state index contributed by atoms with van der Waals surface area (Å²) in [7, 11) is 0. The first kappa shape index (κ1) is 11.9. The topological polar surface area (TPSA) is 42.4 Å². The van der Waals surface area contributed by atoms with Crippen molar-refractivity contribution in [3.8, 4) is 5.88 Å². The van der Waals surface area contributed by atoms with E-state index in [2.05, 4.69) is 20.9 Å². The first-order valence-corrected chi connectivity index (χ1v) is 6.24. The normalized spacial score (nSPS) is 28.6. The van der Waals surface area contributed by atoms with E-state index in [1.807, 2.05) is 26.0 Å². The molecule has 0 aliphatic heterocycles. The molecule has 0 aromatic carbocycles. The van der Waals surface area contributed by atoms with Crippen LogP contribution in [-0.2, 0) is 0 Å². The van der Waals surface area contributed by atoms with Crippen molar-refractivity contribution >= 4 is 15.9 Å². The van der Waals surface area contributed by atoms with Crippen LogP contribution in [0, 0.1) is 12.8 Å². The van der Waals surface area contributed by atoms with Crippen LogP contribution in [0.4, 0.5) is 0 Å². The maximum atomic E-state index is 9.58. The second kappa shape index (κ2) is 4.34. The Balaban J connectivity index is 1.84. The summed E-state index contributed by atoms with van der Waals surface area (Å²) in [4.78, 5) is 4.31. The van der Waals surface area contributed by atoms with Crippen molar-refractivity contribution in [1.82, 2.24) is 4.98 Å². The molecular formula is C12H16BrNO2. The lowest BCUT2D eigenvalue weighted by atomic mass is 9.73. The molecule has 0 unspecified atom stereocenters. The Bertz CT molecular complexity index is 385. The third kappa shape index (κ3) is 2.74. The van der Waals surface area contributed by atoms with Gasteiger partial charge in [-0.3, -0.25) is 0 Å². The fourth-order valence-corrected chi connectivity index (χ4v) is 2.33. The van der Waals surface area contributed by atoms with Crippen LogP contribution in [0.1, 0.15) is 25.5 Å². The summed E-state index contributed by atoms with van der Waals surface area (Å²) in [6.45, 7) is 4.45. The average molecular weight is 286 g/mol. The van der Waals surface area contributed by atoms with Gasteiger partial charge in [0.25, 0.3) is 0 Å². The molecule has 1 fully saturated rings. The van der Waals surface area contributed by atoms with Gasteiger partial charge in [-0.25, -0.2) is 4.98 Å². The van der Waals surface area contributed by atoms with Crippen LogP contribution in [0.15, 0.2) is 16.6 Å². The summed E-state index contributed by atoms with van der Waals surface area (Å²) in [6.07, 6.45) is 1.64. The molecular weight excluding hydrogens is 270 g/mol. The van der Waals surface area contributed by atoms with Crippen molar-refractivity contribution < 1.29 is 9.84 Å². The lowest BCUT2D eigenvalue weighted by molar-refractivity contribution is -0.0694. The van der Waals surface area contributed by atoms with E-state index >= 15 is 0 Å². The number of ether oxygens (including phenoxy) is 1. The number of hydrogen-bond donors (Lipinski definition) is 1. The first-order valence-electron chi connectivity index (χ1n) is 5.45. The highest BCUT2D eigenvalue weighted by Gasteiger charge is 2.38. The molecule has 0 saturated heterocycles. The van der Waals surface area contributed by atoms with Gasteiger partial charge in [0.15, 0.2) is 0 Å². The molecule has 0 amide bonds. The Labute approximate surface area is 104 Å². The molecule has 1 aliphatic rings. The Morgan fingerprint density at radius 1 is 1.56 bits per heavy atom. The van der Waals surface area contributed by atoms with Gasteiger partial charge in [0.2, 0.25) is 5.88 Å². The molecule has 0 atom stereocenters. The first-order chi connectivity index (χ1) is 7.46. The molecule has 3 nitrogen and oxygen atoms in total. The number of rotatable bonds is 3. The molecule has 1 aliphatic carbocycles. The van der Waals surface area contributed by atoms with Gasteiger partial charge >= 0.3 is 0 Å². The Morgan fingerprint density at radius 2 is 2.25 bits per heavy atom. The molecule has 2 rings (SSSR count). The lowest BCUT2D eigenvalue weighted by Gasteiger charge is -2.40. The molecule has 1 aromatic heterocycles. The zero-order valence-electron chi connectivity index (χ0n) is 9.53. The standard InChI is InChI=1S/C12H16BrNO2/c1-8-10(13)3-4-11(14-8)16-7-9-5-12(2,15)6-9/h3-4,9,15H,5-7H2,1-2H3/t9-,12+. The number of aryl methyl sites for hydroxylation is 1. The van der Waals surface area contributed by atoms with E-state index in [-0.39, 0.29) is 0 Å². The minimum Gasteiger partial charge on any atom is -0.477 e. The lowest BCUT2D eigenvalue weighted by Crippen LogP contribution is -2.43. The predicted molar refractivity (Wildman–Crippen MR) is 65.5 cm³/mol. The third-order valence-electron chi connectivity index (χ3n) is 2.92. The van der Waals surface area contributed by atoms with Gasteiger partial charge in [-0.2, -0.15) is 0 Å². The molecule has 0 bridgehead atoms. The average Bonchev–Trinajstić information content (AvgIpc) is 2.16. The summed E-state index contributed by atoms with van der Waals surface area (Å²) in [5, 5.41) is 9.58. The van der Waals surface area contributed by atoms with Crippen LogP contribution in [0.2, 0.25) is 0 Å². The molecule has 1 saturated carbocycles. The Morgan fingerprint density at radius 3 is 2.81 bits per heavy atom. The van der Waals surface area contributed by atoms with Crippen molar-refractivity contribution in [2.24, 2.45) is 5.92 Å². The summed E-state index contributed by atoms with van der Waals surface area (Å²) < 4.78 is 6.59. The maximum Gasteiger partial charge on any atom is 0.213 e. The van der Waals surface area contributed by atoms with Crippen LogP contribution in [0.25, 0.3) is 0 Å². The van der Waals surface area contributed by atoms with Crippen LogP contribution in [0.3, 0.4) is 0 Å². The van der Waals surface area contributed by atoms with E-state index in [0.29, 0.717) is 18.4 Å². The SMILES string of the molecule is Cc1nc(OC[C@H]2C[C@@](C)(O)C2)ccc1Br. The zero-order valence-corrected chi connectivity index (χ0v) is 11.1. The number of aliphatic hydroxyl groups is 1. The summed E-state index contributed by atoms with van der Waals surface area (Å²) in [5.74, 6) is 1.12. The molecule has 0 spiro atoms. The van der Waals surface area contributed by atoms with Crippen molar-refractivity contribution in [3.63, 3.8) is 0 Å². The van der Waals surface area contributed by atoms with Crippen LogP contribution in [0.5, 0.6) is 5.88 Å². The van der Waals surface area contributed by atoms with Crippen molar-refractivity contribution in [1.29, 1.82) is 0 Å². The zero-order chi connectivity index (χ0) is 11.8. The molecule has 1 N–H and O–H groups in total. The highest BCUT2D eigenvalue weighted by molar-refractivity contribution is 9.10. The monoisotopic (exact) mass is 285 g/mol.